The Bertz CT molecular complexity index is 2020. The third-order valence-electron chi connectivity index (χ3n) is 6.86. The van der Waals surface area contributed by atoms with E-state index in [-0.39, 0.29) is 39.9 Å². The van der Waals surface area contributed by atoms with Gasteiger partial charge in [-0.25, -0.2) is 9.67 Å². The fourth-order valence-electron chi connectivity index (χ4n) is 4.92. The smallest absolute Gasteiger partial charge is 0.381 e. The van der Waals surface area contributed by atoms with Gasteiger partial charge in [0.2, 0.25) is 0 Å². The number of benzene rings is 2. The van der Waals surface area contributed by atoms with Gasteiger partial charge in [-0.3, -0.25) is 23.9 Å². The number of anilines is 1. The van der Waals surface area contributed by atoms with Gasteiger partial charge in [0, 0.05) is 31.9 Å². The Hall–Kier alpha value is -5.40. The van der Waals surface area contributed by atoms with E-state index in [4.69, 9.17) is 4.52 Å². The molecule has 3 heterocycles. The summed E-state index contributed by atoms with van der Waals surface area (Å²) in [5.74, 6) is -1.05. The van der Waals surface area contributed by atoms with Crippen molar-refractivity contribution < 1.29 is 27.3 Å². The summed E-state index contributed by atoms with van der Waals surface area (Å²) in [6.45, 7) is 3.38. The second kappa shape index (κ2) is 10.8. The van der Waals surface area contributed by atoms with Gasteiger partial charge >= 0.3 is 6.18 Å². The Balaban J connectivity index is 1.67. The van der Waals surface area contributed by atoms with Crippen LogP contribution in [0.1, 0.15) is 39.2 Å². The zero-order valence-electron chi connectivity index (χ0n) is 23.4. The highest BCUT2D eigenvalue weighted by molar-refractivity contribution is 6.11. The van der Waals surface area contributed by atoms with Crippen molar-refractivity contribution in [3.63, 3.8) is 0 Å². The molecular formula is C29H25F3N6O5. The summed E-state index contributed by atoms with van der Waals surface area (Å²) in [6.07, 6.45) is -4.95. The van der Waals surface area contributed by atoms with Crippen LogP contribution in [0, 0.1) is 6.92 Å². The minimum absolute atomic E-state index is 0.0847. The van der Waals surface area contributed by atoms with E-state index in [0.717, 1.165) is 9.42 Å². The van der Waals surface area contributed by atoms with Crippen molar-refractivity contribution in [2.24, 2.45) is 7.05 Å². The Morgan fingerprint density at radius 2 is 1.70 bits per heavy atom. The number of nitrogens with one attached hydrogen (secondary N) is 2. The number of nitrogens with zero attached hydrogens (tertiary/aromatic N) is 4. The number of carbonyl (C=O) groups excluding carboxylic acids is 2. The lowest BCUT2D eigenvalue weighted by Gasteiger charge is -2.14. The van der Waals surface area contributed by atoms with Gasteiger partial charge in [0.1, 0.15) is 17.0 Å². The molecule has 43 heavy (non-hydrogen) atoms. The van der Waals surface area contributed by atoms with E-state index in [9.17, 15) is 32.3 Å². The quantitative estimate of drug-likeness (QED) is 0.304. The van der Waals surface area contributed by atoms with Crippen LogP contribution in [0.3, 0.4) is 0 Å². The summed E-state index contributed by atoms with van der Waals surface area (Å²) < 4.78 is 50.6. The van der Waals surface area contributed by atoms with Crippen LogP contribution in [0.15, 0.2) is 68.7 Å². The number of hydrogen-bond acceptors (Lipinski definition) is 6. The minimum Gasteiger partial charge on any atom is -0.381 e. The molecule has 0 atom stereocenters. The van der Waals surface area contributed by atoms with E-state index in [1.165, 1.54) is 55.2 Å². The zero-order chi connectivity index (χ0) is 31.2. The molecule has 0 aliphatic heterocycles. The van der Waals surface area contributed by atoms with Gasteiger partial charge in [-0.2, -0.15) is 17.9 Å². The second-order valence-electron chi connectivity index (χ2n) is 9.57. The average molecular weight is 595 g/mol. The van der Waals surface area contributed by atoms with Gasteiger partial charge < -0.3 is 15.2 Å². The number of alkyl halides is 3. The summed E-state index contributed by atoms with van der Waals surface area (Å²) in [6, 6.07) is 12.7. The molecule has 0 aliphatic carbocycles. The average Bonchev–Trinajstić information content (AvgIpc) is 3.41. The number of aromatic nitrogens is 4. The highest BCUT2D eigenvalue weighted by Gasteiger charge is 2.36. The molecule has 3 aromatic heterocycles. The van der Waals surface area contributed by atoms with Gasteiger partial charge in [0.05, 0.1) is 16.6 Å². The standard InChI is InChI=1S/C29H25F3N6O5/c1-5-37-24-20(27(41)38(37)19-11-9-16(10-12-19)22-15(2)43-36(4)28(22)42)14-21(29(30,31)32)35-23(24)26(40)34-18-8-6-7-17(13-18)25(39)33-3/h6-14H,5H2,1-4H3,(H,33,39)(H,34,40). The molecular weight excluding hydrogens is 569 g/mol. The monoisotopic (exact) mass is 594 g/mol. The minimum atomic E-state index is -4.95. The topological polar surface area (TPSA) is 133 Å². The van der Waals surface area contributed by atoms with Crippen molar-refractivity contribution in [2.45, 2.75) is 26.6 Å². The molecule has 5 rings (SSSR count). The Labute approximate surface area is 241 Å². The molecule has 11 nitrogen and oxygen atoms in total. The molecule has 0 fully saturated rings. The maximum atomic E-state index is 13.9. The molecule has 0 bridgehead atoms. The molecule has 2 amide bonds. The maximum absolute atomic E-state index is 13.9. The third kappa shape index (κ3) is 5.11. The van der Waals surface area contributed by atoms with Crippen LogP contribution >= 0.6 is 0 Å². The Morgan fingerprint density at radius 1 is 1.00 bits per heavy atom. The lowest BCUT2D eigenvalue weighted by Crippen LogP contribution is -2.21. The number of fused-ring (bicyclic) bond motifs is 1. The van der Waals surface area contributed by atoms with Crippen molar-refractivity contribution in [2.75, 3.05) is 12.4 Å². The molecule has 0 spiro atoms. The SMILES string of the molecule is CCn1c2c(C(=O)Nc3cccc(C(=O)NC)c3)nc(C(F)(F)F)cc2c(=O)n1-c1ccc(-c2c(C)on(C)c2=O)cc1. The van der Waals surface area contributed by atoms with Gasteiger partial charge in [-0.15, -0.1) is 0 Å². The van der Waals surface area contributed by atoms with Gasteiger partial charge in [0.15, 0.2) is 5.69 Å². The van der Waals surface area contributed by atoms with Crippen molar-refractivity contribution in [1.29, 1.82) is 0 Å². The molecule has 2 aromatic carbocycles. The predicted octanol–water partition coefficient (Wildman–Crippen LogP) is 4.10. The van der Waals surface area contributed by atoms with Gasteiger partial charge in [-0.05, 0) is 55.8 Å². The number of aryl methyl sites for hydroxylation is 3. The fraction of sp³-hybridized carbons (Fsp3) is 0.207. The van der Waals surface area contributed by atoms with Crippen molar-refractivity contribution >= 4 is 28.4 Å². The fourth-order valence-corrected chi connectivity index (χ4v) is 4.92. The van der Waals surface area contributed by atoms with Crippen LogP contribution in [0.4, 0.5) is 18.9 Å². The number of carbonyl (C=O) groups is 2. The highest BCUT2D eigenvalue weighted by atomic mass is 19.4. The first-order valence-electron chi connectivity index (χ1n) is 13.0. The van der Waals surface area contributed by atoms with Crippen molar-refractivity contribution in [3.05, 3.63) is 98.0 Å². The summed E-state index contributed by atoms with van der Waals surface area (Å²) in [5, 5.41) is 4.58. The van der Waals surface area contributed by atoms with Crippen LogP contribution in [0.5, 0.6) is 0 Å². The third-order valence-corrected chi connectivity index (χ3v) is 6.86. The Morgan fingerprint density at radius 3 is 2.28 bits per heavy atom. The summed E-state index contributed by atoms with van der Waals surface area (Å²) in [4.78, 5) is 55.2. The number of rotatable bonds is 6. The van der Waals surface area contributed by atoms with Gasteiger partial charge in [0.25, 0.3) is 22.9 Å². The first kappa shape index (κ1) is 29.1. The molecule has 0 radical (unpaired) electrons. The highest BCUT2D eigenvalue weighted by Crippen LogP contribution is 2.31. The van der Waals surface area contributed by atoms with Crippen LogP contribution in [-0.4, -0.2) is 37.9 Å². The maximum Gasteiger partial charge on any atom is 0.433 e. The molecule has 14 heteroatoms. The van der Waals surface area contributed by atoms with E-state index < -0.39 is 34.9 Å². The molecule has 5 aromatic rings. The van der Waals surface area contributed by atoms with Crippen molar-refractivity contribution in [1.82, 2.24) is 24.4 Å². The van der Waals surface area contributed by atoms with E-state index >= 15 is 0 Å². The van der Waals surface area contributed by atoms with Crippen LogP contribution in [-0.2, 0) is 19.8 Å². The lowest BCUT2D eigenvalue weighted by molar-refractivity contribution is -0.141. The first-order valence-corrected chi connectivity index (χ1v) is 13.0. The van der Waals surface area contributed by atoms with E-state index in [1.54, 1.807) is 26.0 Å². The number of hydrogen-bond donors (Lipinski definition) is 2. The van der Waals surface area contributed by atoms with Crippen LogP contribution < -0.4 is 21.8 Å². The van der Waals surface area contributed by atoms with Crippen molar-refractivity contribution in [3.8, 4) is 16.8 Å². The number of pyridine rings is 1. The zero-order valence-corrected chi connectivity index (χ0v) is 23.4. The van der Waals surface area contributed by atoms with Crippen LogP contribution in [0.25, 0.3) is 27.7 Å². The molecule has 0 saturated carbocycles. The number of amides is 2. The Kier molecular flexibility index (Phi) is 7.30. The number of halogens is 3. The van der Waals surface area contributed by atoms with E-state index in [0.29, 0.717) is 23.0 Å². The first-order chi connectivity index (χ1) is 20.3. The molecule has 0 saturated heterocycles. The molecule has 0 unspecified atom stereocenters. The van der Waals surface area contributed by atoms with Gasteiger partial charge in [-0.1, -0.05) is 18.2 Å². The van der Waals surface area contributed by atoms with E-state index in [2.05, 4.69) is 15.6 Å². The van der Waals surface area contributed by atoms with E-state index in [1.807, 2.05) is 0 Å². The normalized spacial score (nSPS) is 11.6. The predicted molar refractivity (Wildman–Crippen MR) is 151 cm³/mol. The lowest BCUT2D eigenvalue weighted by atomic mass is 10.1. The molecule has 0 aliphatic rings. The summed E-state index contributed by atoms with van der Waals surface area (Å²) in [7, 11) is 2.90. The molecule has 2 N–H and O–H groups in total. The largest absolute Gasteiger partial charge is 0.433 e. The second-order valence-corrected chi connectivity index (χ2v) is 9.57. The molecule has 222 valence electrons. The summed E-state index contributed by atoms with van der Waals surface area (Å²) >= 11 is 0. The van der Waals surface area contributed by atoms with Crippen LogP contribution in [0.2, 0.25) is 0 Å². The summed E-state index contributed by atoms with van der Waals surface area (Å²) in [5.41, 5.74) is -1.82.